The van der Waals surface area contributed by atoms with Crippen LogP contribution in [0, 0.1) is 0 Å². The third-order valence-electron chi connectivity index (χ3n) is 6.52. The number of rotatable bonds is 6. The van der Waals surface area contributed by atoms with Gasteiger partial charge in [0.2, 0.25) is 10.0 Å². The molecule has 7 nitrogen and oxygen atoms in total. The number of amides is 1. The van der Waals surface area contributed by atoms with Crippen LogP contribution in [0.3, 0.4) is 0 Å². The molecule has 0 aromatic heterocycles. The fourth-order valence-electron chi connectivity index (χ4n) is 4.61. The molecular weight excluding hydrogens is 404 g/mol. The topological polar surface area (TPSA) is 92.8 Å². The van der Waals surface area contributed by atoms with Crippen LogP contribution in [0.2, 0.25) is 0 Å². The zero-order chi connectivity index (χ0) is 21.8. The molecule has 1 amide bonds. The molecule has 0 spiro atoms. The smallest absolute Gasteiger partial charge is 0.331 e. The van der Waals surface area contributed by atoms with Crippen molar-refractivity contribution in [3.63, 3.8) is 0 Å². The van der Waals surface area contributed by atoms with Crippen molar-refractivity contribution >= 4 is 21.9 Å². The van der Waals surface area contributed by atoms with Crippen LogP contribution in [0.1, 0.15) is 74.6 Å². The van der Waals surface area contributed by atoms with Crippen LogP contribution in [0.5, 0.6) is 0 Å². The van der Waals surface area contributed by atoms with Crippen molar-refractivity contribution in [2.24, 2.45) is 0 Å². The lowest BCUT2D eigenvalue weighted by molar-refractivity contribution is -0.149. The van der Waals surface area contributed by atoms with E-state index < -0.39 is 27.4 Å². The Labute approximate surface area is 179 Å². The molecule has 166 valence electrons. The summed E-state index contributed by atoms with van der Waals surface area (Å²) in [6.45, 7) is 0. The van der Waals surface area contributed by atoms with Crippen molar-refractivity contribution in [3.05, 3.63) is 29.8 Å². The van der Waals surface area contributed by atoms with Crippen LogP contribution < -0.4 is 5.32 Å². The molecular formula is C22H32N2O5S. The van der Waals surface area contributed by atoms with Crippen LogP contribution in [-0.2, 0) is 19.6 Å². The molecule has 0 heterocycles. The largest absolute Gasteiger partial charge is 0.467 e. The van der Waals surface area contributed by atoms with Gasteiger partial charge in [-0.25, -0.2) is 13.2 Å². The Kier molecular flexibility index (Phi) is 7.18. The maximum Gasteiger partial charge on any atom is 0.331 e. The molecule has 0 bridgehead atoms. The predicted octanol–water partition coefficient (Wildman–Crippen LogP) is 3.25. The number of carbonyl (C=O) groups is 2. The van der Waals surface area contributed by atoms with Gasteiger partial charge in [0.05, 0.1) is 12.0 Å². The number of nitrogens with zero attached hydrogens (tertiary/aromatic N) is 1. The van der Waals surface area contributed by atoms with Crippen molar-refractivity contribution in [2.45, 2.75) is 80.7 Å². The molecule has 2 saturated carbocycles. The average molecular weight is 437 g/mol. The third kappa shape index (κ3) is 4.70. The van der Waals surface area contributed by atoms with E-state index in [0.29, 0.717) is 18.4 Å². The standard InChI is InChI=1S/C22H32N2O5S/c1-24(18-9-5-3-6-10-18)30(27,28)19-13-11-17(12-14-19)20(25)23-22(21(26)29-2)15-7-4-8-16-22/h11-14,18H,3-10,15-16H2,1-2H3,(H,23,25). The molecule has 0 atom stereocenters. The van der Waals surface area contributed by atoms with E-state index in [4.69, 9.17) is 4.74 Å². The Morgan fingerprint density at radius 2 is 1.57 bits per heavy atom. The van der Waals surface area contributed by atoms with Gasteiger partial charge >= 0.3 is 5.97 Å². The molecule has 0 saturated heterocycles. The first-order valence-corrected chi connectivity index (χ1v) is 12.2. The van der Waals surface area contributed by atoms with E-state index in [0.717, 1.165) is 51.4 Å². The number of nitrogens with one attached hydrogen (secondary N) is 1. The van der Waals surface area contributed by atoms with Crippen LogP contribution in [-0.4, -0.2) is 50.3 Å². The number of hydrogen-bond acceptors (Lipinski definition) is 5. The highest BCUT2D eigenvalue weighted by Crippen LogP contribution is 2.30. The van der Waals surface area contributed by atoms with Gasteiger partial charge in [-0.05, 0) is 49.9 Å². The summed E-state index contributed by atoms with van der Waals surface area (Å²) in [6, 6.07) is 5.97. The number of benzene rings is 1. The van der Waals surface area contributed by atoms with Crippen LogP contribution in [0.4, 0.5) is 0 Å². The molecule has 8 heteroatoms. The Balaban J connectivity index is 1.74. The Hall–Kier alpha value is -1.93. The molecule has 30 heavy (non-hydrogen) atoms. The van der Waals surface area contributed by atoms with E-state index >= 15 is 0 Å². The first-order valence-electron chi connectivity index (χ1n) is 10.8. The quantitative estimate of drug-likeness (QED) is 0.691. The number of methoxy groups -OCH3 is 1. The van der Waals surface area contributed by atoms with E-state index in [1.54, 1.807) is 7.05 Å². The normalized spacial score (nSPS) is 20.0. The van der Waals surface area contributed by atoms with Gasteiger partial charge in [-0.15, -0.1) is 0 Å². The first-order chi connectivity index (χ1) is 14.3. The van der Waals surface area contributed by atoms with Crippen LogP contribution in [0.25, 0.3) is 0 Å². The number of ether oxygens (including phenoxy) is 1. The van der Waals surface area contributed by atoms with E-state index in [2.05, 4.69) is 5.32 Å². The number of carbonyl (C=O) groups excluding carboxylic acids is 2. The zero-order valence-electron chi connectivity index (χ0n) is 17.9. The van der Waals surface area contributed by atoms with Crippen molar-refractivity contribution in [2.75, 3.05) is 14.2 Å². The molecule has 1 aromatic rings. The van der Waals surface area contributed by atoms with Gasteiger partial charge < -0.3 is 10.1 Å². The summed E-state index contributed by atoms with van der Waals surface area (Å²) < 4.78 is 32.4. The Bertz CT molecular complexity index is 854. The minimum Gasteiger partial charge on any atom is -0.467 e. The summed E-state index contributed by atoms with van der Waals surface area (Å²) in [5.74, 6) is -0.823. The van der Waals surface area contributed by atoms with Crippen molar-refractivity contribution in [1.82, 2.24) is 9.62 Å². The molecule has 1 aromatic carbocycles. The molecule has 2 fully saturated rings. The zero-order valence-corrected chi connectivity index (χ0v) is 18.7. The van der Waals surface area contributed by atoms with Gasteiger partial charge in [-0.1, -0.05) is 38.5 Å². The van der Waals surface area contributed by atoms with E-state index in [1.807, 2.05) is 0 Å². The van der Waals surface area contributed by atoms with Crippen LogP contribution >= 0.6 is 0 Å². The van der Waals surface area contributed by atoms with Gasteiger partial charge in [0.25, 0.3) is 5.91 Å². The van der Waals surface area contributed by atoms with Crippen molar-refractivity contribution < 1.29 is 22.7 Å². The van der Waals surface area contributed by atoms with Crippen molar-refractivity contribution in [1.29, 1.82) is 0 Å². The molecule has 1 N–H and O–H groups in total. The molecule has 0 aliphatic heterocycles. The molecule has 3 rings (SSSR count). The average Bonchev–Trinajstić information content (AvgIpc) is 2.79. The molecule has 2 aliphatic rings. The minimum absolute atomic E-state index is 0.0259. The second-order valence-electron chi connectivity index (χ2n) is 8.43. The number of esters is 1. The summed E-state index contributed by atoms with van der Waals surface area (Å²) in [4.78, 5) is 25.3. The van der Waals surface area contributed by atoms with Gasteiger partial charge in [0.1, 0.15) is 5.54 Å². The van der Waals surface area contributed by atoms with Gasteiger partial charge in [-0.3, -0.25) is 4.79 Å². The van der Waals surface area contributed by atoms with Gasteiger partial charge in [0, 0.05) is 18.7 Å². The predicted molar refractivity (Wildman–Crippen MR) is 114 cm³/mol. The Morgan fingerprint density at radius 1 is 1.00 bits per heavy atom. The second kappa shape index (κ2) is 9.47. The highest BCUT2D eigenvalue weighted by molar-refractivity contribution is 7.89. The molecule has 0 unspecified atom stereocenters. The van der Waals surface area contributed by atoms with Crippen molar-refractivity contribution in [3.8, 4) is 0 Å². The summed E-state index contributed by atoms with van der Waals surface area (Å²) in [5, 5.41) is 2.86. The fraction of sp³-hybridized carbons (Fsp3) is 0.636. The summed E-state index contributed by atoms with van der Waals surface area (Å²) in [6.07, 6.45) is 8.82. The van der Waals surface area contributed by atoms with Crippen LogP contribution in [0.15, 0.2) is 29.2 Å². The minimum atomic E-state index is -3.61. The number of hydrogen-bond donors (Lipinski definition) is 1. The lowest BCUT2D eigenvalue weighted by Gasteiger charge is -2.35. The summed E-state index contributed by atoms with van der Waals surface area (Å²) in [5.41, 5.74) is -0.682. The molecule has 0 radical (unpaired) electrons. The lowest BCUT2D eigenvalue weighted by atomic mass is 9.81. The Morgan fingerprint density at radius 3 is 2.13 bits per heavy atom. The monoisotopic (exact) mass is 436 g/mol. The lowest BCUT2D eigenvalue weighted by Crippen LogP contribution is -2.56. The summed E-state index contributed by atoms with van der Waals surface area (Å²) in [7, 11) is -0.649. The van der Waals surface area contributed by atoms with E-state index in [1.165, 1.54) is 35.7 Å². The van der Waals surface area contributed by atoms with Gasteiger partial charge in [-0.2, -0.15) is 4.31 Å². The SMILES string of the molecule is COC(=O)C1(NC(=O)c2ccc(S(=O)(=O)N(C)C3CCCCC3)cc2)CCCCC1. The van der Waals surface area contributed by atoms with Gasteiger partial charge in [0.15, 0.2) is 0 Å². The summed E-state index contributed by atoms with van der Waals surface area (Å²) >= 11 is 0. The maximum absolute atomic E-state index is 13.0. The highest BCUT2D eigenvalue weighted by atomic mass is 32.2. The van der Waals surface area contributed by atoms with E-state index in [-0.39, 0.29) is 10.9 Å². The second-order valence-corrected chi connectivity index (χ2v) is 10.4. The highest BCUT2D eigenvalue weighted by Gasteiger charge is 2.42. The third-order valence-corrected chi connectivity index (χ3v) is 8.44. The number of sulfonamides is 1. The van der Waals surface area contributed by atoms with E-state index in [9.17, 15) is 18.0 Å². The first kappa shape index (κ1) is 22.7. The maximum atomic E-state index is 13.0. The molecule has 2 aliphatic carbocycles. The fourth-order valence-corrected chi connectivity index (χ4v) is 6.02.